The second-order valence-electron chi connectivity index (χ2n) is 6.40. The van der Waals surface area contributed by atoms with E-state index in [2.05, 4.69) is 37.7 Å². The maximum absolute atomic E-state index is 6.20. The molecule has 0 amide bonds. The molecule has 0 aromatic carbocycles. The molecule has 2 unspecified atom stereocenters. The summed E-state index contributed by atoms with van der Waals surface area (Å²) >= 11 is 0. The van der Waals surface area contributed by atoms with Gasteiger partial charge in [0.2, 0.25) is 0 Å². The fraction of sp³-hybridized carbons (Fsp3) is 1.00. The maximum atomic E-state index is 6.20. The summed E-state index contributed by atoms with van der Waals surface area (Å²) in [5, 5.41) is 0. The molecule has 2 N–H and O–H groups in total. The molecular formula is C16H35N3O. The van der Waals surface area contributed by atoms with E-state index in [-0.39, 0.29) is 5.54 Å². The molecule has 0 saturated carbocycles. The summed E-state index contributed by atoms with van der Waals surface area (Å²) in [7, 11) is 4.28. The third-order valence-electron chi connectivity index (χ3n) is 4.61. The highest BCUT2D eigenvalue weighted by molar-refractivity contribution is 4.96. The van der Waals surface area contributed by atoms with E-state index in [1.165, 1.54) is 12.8 Å². The third-order valence-corrected chi connectivity index (χ3v) is 4.61. The van der Waals surface area contributed by atoms with Crippen LogP contribution in [0.4, 0.5) is 0 Å². The molecular weight excluding hydrogens is 250 g/mol. The lowest BCUT2D eigenvalue weighted by molar-refractivity contribution is -0.0731. The van der Waals surface area contributed by atoms with Crippen LogP contribution in [0, 0.1) is 0 Å². The minimum Gasteiger partial charge on any atom is -0.378 e. The molecule has 1 fully saturated rings. The van der Waals surface area contributed by atoms with Gasteiger partial charge in [-0.15, -0.1) is 0 Å². The SMILES string of the molecule is CCCC1CC(CN)(N(CC)CCCN(C)C)CCO1. The van der Waals surface area contributed by atoms with E-state index in [4.69, 9.17) is 10.5 Å². The van der Waals surface area contributed by atoms with Crippen LogP contribution >= 0.6 is 0 Å². The van der Waals surface area contributed by atoms with Gasteiger partial charge < -0.3 is 15.4 Å². The summed E-state index contributed by atoms with van der Waals surface area (Å²) in [6, 6.07) is 0. The monoisotopic (exact) mass is 285 g/mol. The number of ether oxygens (including phenoxy) is 1. The van der Waals surface area contributed by atoms with Gasteiger partial charge in [-0.05, 0) is 59.4 Å². The maximum Gasteiger partial charge on any atom is 0.0593 e. The predicted octanol–water partition coefficient (Wildman–Crippen LogP) is 1.94. The van der Waals surface area contributed by atoms with Crippen LogP contribution in [-0.4, -0.2) is 68.3 Å². The first-order valence-corrected chi connectivity index (χ1v) is 8.29. The van der Waals surface area contributed by atoms with Crippen LogP contribution in [0.5, 0.6) is 0 Å². The summed E-state index contributed by atoms with van der Waals surface area (Å²) in [6.45, 7) is 9.49. The number of nitrogens with two attached hydrogens (primary N) is 1. The Balaban J connectivity index is 2.63. The highest BCUT2D eigenvalue weighted by Crippen LogP contribution is 2.32. The molecule has 0 aliphatic carbocycles. The molecule has 0 aromatic rings. The molecule has 120 valence electrons. The molecule has 0 radical (unpaired) electrons. The van der Waals surface area contributed by atoms with Crippen molar-refractivity contribution in [1.82, 2.24) is 9.80 Å². The van der Waals surface area contributed by atoms with Gasteiger partial charge in [-0.25, -0.2) is 0 Å². The minimum absolute atomic E-state index is 0.166. The molecule has 4 nitrogen and oxygen atoms in total. The van der Waals surface area contributed by atoms with E-state index in [0.29, 0.717) is 6.10 Å². The normalized spacial score (nSPS) is 27.4. The summed E-state index contributed by atoms with van der Waals surface area (Å²) in [6.07, 6.45) is 6.16. The van der Waals surface area contributed by atoms with Crippen LogP contribution in [0.1, 0.15) is 46.0 Å². The van der Waals surface area contributed by atoms with E-state index in [1.54, 1.807) is 0 Å². The van der Waals surface area contributed by atoms with Crippen LogP contribution in [0.3, 0.4) is 0 Å². The van der Waals surface area contributed by atoms with Crippen molar-refractivity contribution >= 4 is 0 Å². The van der Waals surface area contributed by atoms with Gasteiger partial charge >= 0.3 is 0 Å². The van der Waals surface area contributed by atoms with Crippen molar-refractivity contribution < 1.29 is 4.74 Å². The van der Waals surface area contributed by atoms with Crippen LogP contribution in [0.15, 0.2) is 0 Å². The van der Waals surface area contributed by atoms with E-state index in [9.17, 15) is 0 Å². The van der Waals surface area contributed by atoms with E-state index in [1.807, 2.05) is 0 Å². The Bertz CT molecular complexity index is 258. The van der Waals surface area contributed by atoms with Crippen LogP contribution in [-0.2, 0) is 4.74 Å². The van der Waals surface area contributed by atoms with Gasteiger partial charge in [0.1, 0.15) is 0 Å². The fourth-order valence-electron chi connectivity index (χ4n) is 3.42. The molecule has 1 saturated heterocycles. The molecule has 1 heterocycles. The van der Waals surface area contributed by atoms with Crippen LogP contribution in [0.25, 0.3) is 0 Å². The Morgan fingerprint density at radius 1 is 1.25 bits per heavy atom. The fourth-order valence-corrected chi connectivity index (χ4v) is 3.42. The number of likely N-dealkylation sites (N-methyl/N-ethyl adjacent to an activating group) is 1. The minimum atomic E-state index is 0.166. The second kappa shape index (κ2) is 8.98. The molecule has 0 spiro atoms. The smallest absolute Gasteiger partial charge is 0.0593 e. The zero-order chi connectivity index (χ0) is 15.0. The largest absolute Gasteiger partial charge is 0.378 e. The number of hydrogen-bond acceptors (Lipinski definition) is 4. The molecule has 1 rings (SSSR count). The van der Waals surface area contributed by atoms with Gasteiger partial charge in [0.15, 0.2) is 0 Å². The highest BCUT2D eigenvalue weighted by Gasteiger charge is 2.39. The topological polar surface area (TPSA) is 41.7 Å². The number of nitrogens with zero attached hydrogens (tertiary/aromatic N) is 2. The van der Waals surface area contributed by atoms with Crippen molar-refractivity contribution in [1.29, 1.82) is 0 Å². The lowest BCUT2D eigenvalue weighted by Crippen LogP contribution is -2.58. The van der Waals surface area contributed by atoms with Crippen molar-refractivity contribution in [3.05, 3.63) is 0 Å². The van der Waals surface area contributed by atoms with Gasteiger partial charge in [0, 0.05) is 18.7 Å². The highest BCUT2D eigenvalue weighted by atomic mass is 16.5. The van der Waals surface area contributed by atoms with Crippen LogP contribution < -0.4 is 5.73 Å². The average molecular weight is 285 g/mol. The van der Waals surface area contributed by atoms with E-state index in [0.717, 1.165) is 52.0 Å². The average Bonchev–Trinajstić information content (AvgIpc) is 2.44. The van der Waals surface area contributed by atoms with Crippen molar-refractivity contribution in [2.24, 2.45) is 5.73 Å². The molecule has 4 heteroatoms. The molecule has 2 atom stereocenters. The van der Waals surface area contributed by atoms with Gasteiger partial charge in [-0.3, -0.25) is 4.90 Å². The first-order valence-electron chi connectivity index (χ1n) is 8.29. The Morgan fingerprint density at radius 2 is 2.00 bits per heavy atom. The first-order chi connectivity index (χ1) is 9.57. The zero-order valence-electron chi connectivity index (χ0n) is 14.0. The molecule has 1 aliphatic heterocycles. The van der Waals surface area contributed by atoms with Crippen LogP contribution in [0.2, 0.25) is 0 Å². The summed E-state index contributed by atoms with van der Waals surface area (Å²) in [4.78, 5) is 4.87. The lowest BCUT2D eigenvalue weighted by atomic mass is 9.83. The summed E-state index contributed by atoms with van der Waals surface area (Å²) in [5.74, 6) is 0. The zero-order valence-corrected chi connectivity index (χ0v) is 14.0. The van der Waals surface area contributed by atoms with E-state index >= 15 is 0 Å². The summed E-state index contributed by atoms with van der Waals surface area (Å²) in [5.41, 5.74) is 6.36. The third kappa shape index (κ3) is 4.99. The van der Waals surface area contributed by atoms with Gasteiger partial charge in [0.05, 0.1) is 6.10 Å². The van der Waals surface area contributed by atoms with Crippen molar-refractivity contribution in [3.8, 4) is 0 Å². The standard InChI is InChI=1S/C16H35N3O/c1-5-8-15-13-16(14-17,9-12-20-15)19(6-2)11-7-10-18(3)4/h15H,5-14,17H2,1-4H3. The van der Waals surface area contributed by atoms with Crippen molar-refractivity contribution in [2.75, 3.05) is 46.9 Å². The summed E-state index contributed by atoms with van der Waals surface area (Å²) < 4.78 is 5.92. The number of hydrogen-bond donors (Lipinski definition) is 1. The Hall–Kier alpha value is -0.160. The Morgan fingerprint density at radius 3 is 2.55 bits per heavy atom. The molecule has 20 heavy (non-hydrogen) atoms. The Kier molecular flexibility index (Phi) is 8.03. The van der Waals surface area contributed by atoms with Gasteiger partial charge in [-0.1, -0.05) is 20.3 Å². The second-order valence-corrected chi connectivity index (χ2v) is 6.40. The van der Waals surface area contributed by atoms with Gasteiger partial charge in [0.25, 0.3) is 0 Å². The quantitative estimate of drug-likeness (QED) is 0.703. The predicted molar refractivity (Wildman–Crippen MR) is 86.1 cm³/mol. The molecule has 1 aliphatic rings. The van der Waals surface area contributed by atoms with Crippen molar-refractivity contribution in [3.63, 3.8) is 0 Å². The van der Waals surface area contributed by atoms with Gasteiger partial charge in [-0.2, -0.15) is 0 Å². The first kappa shape index (κ1) is 17.9. The molecule has 0 aromatic heterocycles. The molecule has 0 bridgehead atoms. The van der Waals surface area contributed by atoms with Crippen molar-refractivity contribution in [2.45, 2.75) is 57.6 Å². The number of rotatable bonds is 9. The lowest BCUT2D eigenvalue weighted by Gasteiger charge is -2.48. The Labute approximate surface area is 125 Å². The van der Waals surface area contributed by atoms with E-state index < -0.39 is 0 Å².